The number of carbonyl (C=O) groups is 3. The summed E-state index contributed by atoms with van der Waals surface area (Å²) in [6.45, 7) is 2.11. The zero-order valence-electron chi connectivity index (χ0n) is 13.8. The van der Waals surface area contributed by atoms with Gasteiger partial charge >= 0.3 is 11.8 Å². The van der Waals surface area contributed by atoms with Crippen molar-refractivity contribution in [3.63, 3.8) is 0 Å². The van der Waals surface area contributed by atoms with Crippen molar-refractivity contribution in [1.29, 1.82) is 0 Å². The lowest BCUT2D eigenvalue weighted by molar-refractivity contribution is -0.140. The minimum absolute atomic E-state index is 0.105. The molecule has 2 N–H and O–H groups in total. The van der Waals surface area contributed by atoms with Crippen LogP contribution in [0.3, 0.4) is 0 Å². The third-order valence-corrected chi connectivity index (χ3v) is 4.34. The Morgan fingerprint density at radius 2 is 1.64 bits per heavy atom. The van der Waals surface area contributed by atoms with E-state index in [1.807, 2.05) is 0 Å². The van der Waals surface area contributed by atoms with Crippen LogP contribution in [0.25, 0.3) is 0 Å². The second kappa shape index (κ2) is 7.50. The van der Waals surface area contributed by atoms with E-state index in [0.29, 0.717) is 26.2 Å². The molecule has 25 heavy (non-hydrogen) atoms. The minimum atomic E-state index is -0.773. The maximum atomic E-state index is 13.0. The first-order chi connectivity index (χ1) is 12.0. The van der Waals surface area contributed by atoms with Gasteiger partial charge in [0.15, 0.2) is 0 Å². The summed E-state index contributed by atoms with van der Waals surface area (Å²) in [6.07, 6.45) is 1.80. The summed E-state index contributed by atoms with van der Waals surface area (Å²) in [5.41, 5.74) is 0.915. The lowest BCUT2D eigenvalue weighted by Gasteiger charge is -2.36. The number of anilines is 1. The number of benzene rings is 1. The van der Waals surface area contributed by atoms with Gasteiger partial charge in [-0.2, -0.15) is 0 Å². The molecule has 3 rings (SSSR count). The summed E-state index contributed by atoms with van der Waals surface area (Å²) >= 11 is 0. The van der Waals surface area contributed by atoms with Crippen molar-refractivity contribution in [3.8, 4) is 0 Å². The maximum absolute atomic E-state index is 13.0. The molecule has 0 aromatic heterocycles. The first kappa shape index (κ1) is 17.2. The first-order valence-corrected chi connectivity index (χ1v) is 8.40. The van der Waals surface area contributed by atoms with E-state index in [0.717, 1.165) is 18.5 Å². The molecule has 0 atom stereocenters. The Balaban J connectivity index is 1.41. The van der Waals surface area contributed by atoms with Gasteiger partial charge in [0.2, 0.25) is 5.91 Å². The molecule has 1 aromatic carbocycles. The second-order valence-corrected chi connectivity index (χ2v) is 6.27. The van der Waals surface area contributed by atoms with E-state index >= 15 is 0 Å². The van der Waals surface area contributed by atoms with Gasteiger partial charge in [0.05, 0.1) is 6.54 Å². The average Bonchev–Trinajstić information content (AvgIpc) is 3.44. The van der Waals surface area contributed by atoms with Crippen LogP contribution in [0.2, 0.25) is 0 Å². The van der Waals surface area contributed by atoms with Crippen LogP contribution >= 0.6 is 0 Å². The number of carbonyl (C=O) groups excluding carboxylic acids is 3. The van der Waals surface area contributed by atoms with Crippen molar-refractivity contribution in [2.24, 2.45) is 0 Å². The van der Waals surface area contributed by atoms with Crippen LogP contribution in [-0.2, 0) is 14.4 Å². The molecule has 8 heteroatoms. The quantitative estimate of drug-likeness (QED) is 0.743. The first-order valence-electron chi connectivity index (χ1n) is 8.40. The Kier molecular flexibility index (Phi) is 5.16. The van der Waals surface area contributed by atoms with Crippen molar-refractivity contribution in [2.75, 3.05) is 37.6 Å². The zero-order chi connectivity index (χ0) is 17.8. The standard InChI is InChI=1S/C17H21FN4O3/c18-12-1-5-14(6-2-12)21-7-9-22(10-8-21)15(23)11-19-16(24)17(25)20-13-3-4-13/h1-2,5-6,13H,3-4,7-11H2,(H,19,24)(H,20,25). The Morgan fingerprint density at radius 1 is 1.00 bits per heavy atom. The topological polar surface area (TPSA) is 81.8 Å². The van der Waals surface area contributed by atoms with Gasteiger partial charge in [0.25, 0.3) is 0 Å². The van der Waals surface area contributed by atoms with E-state index in [2.05, 4.69) is 15.5 Å². The summed E-state index contributed by atoms with van der Waals surface area (Å²) in [7, 11) is 0. The smallest absolute Gasteiger partial charge is 0.309 e. The molecule has 134 valence electrons. The van der Waals surface area contributed by atoms with Gasteiger partial charge in [-0.05, 0) is 37.1 Å². The fourth-order valence-electron chi connectivity index (χ4n) is 2.69. The van der Waals surface area contributed by atoms with E-state index in [-0.39, 0.29) is 24.3 Å². The van der Waals surface area contributed by atoms with Gasteiger partial charge in [0, 0.05) is 37.9 Å². The van der Waals surface area contributed by atoms with Crippen LogP contribution < -0.4 is 15.5 Å². The molecular weight excluding hydrogens is 327 g/mol. The fraction of sp³-hybridized carbons (Fsp3) is 0.471. The van der Waals surface area contributed by atoms with Crippen molar-refractivity contribution < 1.29 is 18.8 Å². The number of hydrogen-bond acceptors (Lipinski definition) is 4. The van der Waals surface area contributed by atoms with Crippen LogP contribution in [-0.4, -0.2) is 61.4 Å². The van der Waals surface area contributed by atoms with Gasteiger partial charge in [-0.1, -0.05) is 0 Å². The summed E-state index contributed by atoms with van der Waals surface area (Å²) in [5, 5.41) is 4.94. The molecule has 1 aliphatic heterocycles. The molecule has 0 radical (unpaired) electrons. The number of piperazine rings is 1. The predicted octanol–water partition coefficient (Wildman–Crippen LogP) is -0.131. The van der Waals surface area contributed by atoms with Crippen LogP contribution in [0.5, 0.6) is 0 Å². The summed E-state index contributed by atoms with van der Waals surface area (Å²) in [6, 6.07) is 6.36. The highest BCUT2D eigenvalue weighted by Gasteiger charge is 2.27. The number of rotatable bonds is 4. The molecule has 0 spiro atoms. The lowest BCUT2D eigenvalue weighted by Crippen LogP contribution is -2.52. The Morgan fingerprint density at radius 3 is 2.24 bits per heavy atom. The Labute approximate surface area is 145 Å². The van der Waals surface area contributed by atoms with Gasteiger partial charge < -0.3 is 20.4 Å². The van der Waals surface area contributed by atoms with Crippen LogP contribution in [0.15, 0.2) is 24.3 Å². The molecule has 0 bridgehead atoms. The monoisotopic (exact) mass is 348 g/mol. The van der Waals surface area contributed by atoms with Crippen molar-refractivity contribution in [3.05, 3.63) is 30.1 Å². The van der Waals surface area contributed by atoms with Gasteiger partial charge in [-0.15, -0.1) is 0 Å². The molecule has 2 aliphatic rings. The number of halogens is 1. The van der Waals surface area contributed by atoms with Gasteiger partial charge in [0.1, 0.15) is 5.82 Å². The third kappa shape index (κ3) is 4.68. The number of nitrogens with zero attached hydrogens (tertiary/aromatic N) is 2. The molecule has 0 unspecified atom stereocenters. The Bertz CT molecular complexity index is 652. The van der Waals surface area contributed by atoms with E-state index in [1.165, 1.54) is 12.1 Å². The molecule has 1 aromatic rings. The number of nitrogens with one attached hydrogen (secondary N) is 2. The van der Waals surface area contributed by atoms with Crippen molar-refractivity contribution >= 4 is 23.4 Å². The fourth-order valence-corrected chi connectivity index (χ4v) is 2.69. The van der Waals surface area contributed by atoms with Crippen LogP contribution in [0, 0.1) is 5.82 Å². The zero-order valence-corrected chi connectivity index (χ0v) is 13.8. The second-order valence-electron chi connectivity index (χ2n) is 6.27. The highest BCUT2D eigenvalue weighted by molar-refractivity contribution is 6.35. The summed E-state index contributed by atoms with van der Waals surface area (Å²) < 4.78 is 13.0. The molecular formula is C17H21FN4O3. The van der Waals surface area contributed by atoms with E-state index in [1.54, 1.807) is 17.0 Å². The summed E-state index contributed by atoms with van der Waals surface area (Å²) in [5.74, 6) is -1.95. The highest BCUT2D eigenvalue weighted by atomic mass is 19.1. The summed E-state index contributed by atoms with van der Waals surface area (Å²) in [4.78, 5) is 39.0. The van der Waals surface area contributed by atoms with E-state index in [4.69, 9.17) is 0 Å². The van der Waals surface area contributed by atoms with E-state index in [9.17, 15) is 18.8 Å². The minimum Gasteiger partial charge on any atom is -0.368 e. The highest BCUT2D eigenvalue weighted by Crippen LogP contribution is 2.18. The van der Waals surface area contributed by atoms with Gasteiger partial charge in [-0.3, -0.25) is 14.4 Å². The molecule has 1 aliphatic carbocycles. The Hall–Kier alpha value is -2.64. The van der Waals surface area contributed by atoms with Crippen LogP contribution in [0.1, 0.15) is 12.8 Å². The molecule has 2 fully saturated rings. The SMILES string of the molecule is O=C(NCC(=O)N1CCN(c2ccc(F)cc2)CC1)C(=O)NC1CC1. The van der Waals surface area contributed by atoms with Gasteiger partial charge in [-0.25, -0.2) is 4.39 Å². The largest absolute Gasteiger partial charge is 0.368 e. The third-order valence-electron chi connectivity index (χ3n) is 4.34. The molecule has 1 heterocycles. The molecule has 1 saturated carbocycles. The van der Waals surface area contributed by atoms with Crippen molar-refractivity contribution in [1.82, 2.24) is 15.5 Å². The van der Waals surface area contributed by atoms with E-state index < -0.39 is 11.8 Å². The number of hydrogen-bond donors (Lipinski definition) is 2. The predicted molar refractivity (Wildman–Crippen MR) is 89.4 cm³/mol. The normalized spacial score (nSPS) is 17.2. The molecule has 3 amide bonds. The molecule has 1 saturated heterocycles. The lowest BCUT2D eigenvalue weighted by atomic mass is 10.2. The molecule has 7 nitrogen and oxygen atoms in total. The van der Waals surface area contributed by atoms with Crippen molar-refractivity contribution in [2.45, 2.75) is 18.9 Å². The maximum Gasteiger partial charge on any atom is 0.309 e. The average molecular weight is 348 g/mol. The van der Waals surface area contributed by atoms with Crippen LogP contribution in [0.4, 0.5) is 10.1 Å². The number of amides is 3.